The number of nitrogens with one attached hydrogen (secondary N) is 1. The molecule has 0 unspecified atom stereocenters. The van der Waals surface area contributed by atoms with Crippen LogP contribution >= 0.6 is 0 Å². The molecule has 1 N–H and O–H groups in total. The fourth-order valence-corrected chi connectivity index (χ4v) is 2.66. The number of nitrogens with zero attached hydrogens (tertiary/aromatic N) is 1. The van der Waals surface area contributed by atoms with Crippen LogP contribution in [0.5, 0.6) is 0 Å². The Hall–Kier alpha value is -0.860. The van der Waals surface area contributed by atoms with Gasteiger partial charge in [-0.1, -0.05) is 29.8 Å². The highest BCUT2D eigenvalue weighted by Gasteiger charge is 2.09. The minimum atomic E-state index is 1.10. The maximum Gasteiger partial charge on any atom is -0.000664 e. The molecule has 1 aromatic rings. The van der Waals surface area contributed by atoms with Gasteiger partial charge in [-0.05, 0) is 70.9 Å². The summed E-state index contributed by atoms with van der Waals surface area (Å²) in [5.41, 5.74) is 2.81. The molecule has 0 amide bonds. The second-order valence-corrected chi connectivity index (χ2v) is 5.39. The normalized spacial score (nSPS) is 16.3. The molecule has 100 valence electrons. The number of rotatable bonds is 7. The Morgan fingerprint density at radius 2 is 2.00 bits per heavy atom. The average Bonchev–Trinajstić information content (AvgIpc) is 2.87. The minimum absolute atomic E-state index is 1.10. The lowest BCUT2D eigenvalue weighted by Crippen LogP contribution is -2.25. The van der Waals surface area contributed by atoms with Crippen molar-refractivity contribution in [2.75, 3.05) is 32.7 Å². The van der Waals surface area contributed by atoms with E-state index in [4.69, 9.17) is 0 Å². The smallest absolute Gasteiger partial charge is 0.000664 e. The number of hydrogen-bond donors (Lipinski definition) is 1. The number of hydrogen-bond acceptors (Lipinski definition) is 2. The molecule has 2 heteroatoms. The molecule has 0 aliphatic carbocycles. The van der Waals surface area contributed by atoms with E-state index < -0.39 is 0 Å². The van der Waals surface area contributed by atoms with Gasteiger partial charge in [-0.25, -0.2) is 0 Å². The van der Waals surface area contributed by atoms with Crippen LogP contribution in [0.3, 0.4) is 0 Å². The van der Waals surface area contributed by atoms with Gasteiger partial charge in [-0.15, -0.1) is 0 Å². The molecule has 1 aliphatic rings. The molecular formula is C16H26N2. The highest BCUT2D eigenvalue weighted by Crippen LogP contribution is 2.07. The lowest BCUT2D eigenvalue weighted by Gasteiger charge is -2.14. The summed E-state index contributed by atoms with van der Waals surface area (Å²) in [5, 5.41) is 3.55. The van der Waals surface area contributed by atoms with Gasteiger partial charge in [0, 0.05) is 0 Å². The van der Waals surface area contributed by atoms with E-state index in [2.05, 4.69) is 41.4 Å². The van der Waals surface area contributed by atoms with Gasteiger partial charge in [0.05, 0.1) is 0 Å². The van der Waals surface area contributed by atoms with Crippen molar-refractivity contribution in [1.29, 1.82) is 0 Å². The summed E-state index contributed by atoms with van der Waals surface area (Å²) in [6.07, 6.45) is 5.24. The van der Waals surface area contributed by atoms with Crippen molar-refractivity contribution in [3.8, 4) is 0 Å². The third-order valence-corrected chi connectivity index (χ3v) is 3.70. The largest absolute Gasteiger partial charge is 0.316 e. The molecule has 2 rings (SSSR count). The second-order valence-electron chi connectivity index (χ2n) is 5.39. The van der Waals surface area contributed by atoms with Crippen LogP contribution in [0.15, 0.2) is 24.3 Å². The first-order valence-electron chi connectivity index (χ1n) is 7.33. The first-order chi connectivity index (χ1) is 8.84. The van der Waals surface area contributed by atoms with Gasteiger partial charge in [-0.3, -0.25) is 0 Å². The Labute approximate surface area is 111 Å². The zero-order chi connectivity index (χ0) is 12.6. The van der Waals surface area contributed by atoms with E-state index in [1.54, 1.807) is 0 Å². The molecule has 0 saturated carbocycles. The third-order valence-electron chi connectivity index (χ3n) is 3.70. The van der Waals surface area contributed by atoms with Gasteiger partial charge in [0.2, 0.25) is 0 Å². The molecular weight excluding hydrogens is 220 g/mol. The Kier molecular flexibility index (Phi) is 5.69. The summed E-state index contributed by atoms with van der Waals surface area (Å²) in [5.74, 6) is 0. The molecule has 0 spiro atoms. The number of aryl methyl sites for hydroxylation is 1. The molecule has 0 radical (unpaired) electrons. The van der Waals surface area contributed by atoms with E-state index in [1.165, 1.54) is 50.0 Å². The summed E-state index contributed by atoms with van der Waals surface area (Å²) < 4.78 is 0. The molecule has 1 aliphatic heterocycles. The van der Waals surface area contributed by atoms with Crippen molar-refractivity contribution in [3.63, 3.8) is 0 Å². The Morgan fingerprint density at radius 1 is 1.17 bits per heavy atom. The van der Waals surface area contributed by atoms with E-state index in [0.717, 1.165) is 19.5 Å². The summed E-state index contributed by atoms with van der Waals surface area (Å²) in [6.45, 7) is 8.34. The summed E-state index contributed by atoms with van der Waals surface area (Å²) in [6, 6.07) is 8.82. The SMILES string of the molecule is Cc1cccc(CCNCCCN2CCCC2)c1. The lowest BCUT2D eigenvalue weighted by molar-refractivity contribution is 0.331. The maximum absolute atomic E-state index is 3.55. The topological polar surface area (TPSA) is 15.3 Å². The van der Waals surface area contributed by atoms with Crippen LogP contribution in [0, 0.1) is 6.92 Å². The van der Waals surface area contributed by atoms with Gasteiger partial charge < -0.3 is 10.2 Å². The van der Waals surface area contributed by atoms with Gasteiger partial charge in [0.1, 0.15) is 0 Å². The van der Waals surface area contributed by atoms with Crippen molar-refractivity contribution in [2.24, 2.45) is 0 Å². The van der Waals surface area contributed by atoms with Gasteiger partial charge >= 0.3 is 0 Å². The fourth-order valence-electron chi connectivity index (χ4n) is 2.66. The minimum Gasteiger partial charge on any atom is -0.316 e. The summed E-state index contributed by atoms with van der Waals surface area (Å²) >= 11 is 0. The zero-order valence-electron chi connectivity index (χ0n) is 11.6. The van der Waals surface area contributed by atoms with E-state index in [0.29, 0.717) is 0 Å². The standard InChI is InChI=1S/C16H26N2/c1-15-6-4-7-16(14-15)8-10-17-9-5-13-18-11-2-3-12-18/h4,6-7,14,17H,2-3,5,8-13H2,1H3. The first-order valence-corrected chi connectivity index (χ1v) is 7.33. The van der Waals surface area contributed by atoms with E-state index in [1.807, 2.05) is 0 Å². The molecule has 1 aromatic carbocycles. The lowest BCUT2D eigenvalue weighted by atomic mass is 10.1. The number of benzene rings is 1. The van der Waals surface area contributed by atoms with Crippen LogP contribution in [0.2, 0.25) is 0 Å². The van der Waals surface area contributed by atoms with E-state index in [-0.39, 0.29) is 0 Å². The molecule has 1 saturated heterocycles. The molecule has 1 fully saturated rings. The van der Waals surface area contributed by atoms with Gasteiger partial charge in [0.15, 0.2) is 0 Å². The average molecular weight is 246 g/mol. The van der Waals surface area contributed by atoms with Crippen LogP contribution < -0.4 is 5.32 Å². The summed E-state index contributed by atoms with van der Waals surface area (Å²) in [7, 11) is 0. The summed E-state index contributed by atoms with van der Waals surface area (Å²) in [4.78, 5) is 2.59. The molecule has 0 atom stereocenters. The van der Waals surface area contributed by atoms with Gasteiger partial charge in [-0.2, -0.15) is 0 Å². The molecule has 2 nitrogen and oxygen atoms in total. The van der Waals surface area contributed by atoms with Crippen molar-refractivity contribution in [3.05, 3.63) is 35.4 Å². The third kappa shape index (κ3) is 4.79. The monoisotopic (exact) mass is 246 g/mol. The van der Waals surface area contributed by atoms with E-state index >= 15 is 0 Å². The predicted octanol–water partition coefficient (Wildman–Crippen LogP) is 2.61. The number of likely N-dealkylation sites (tertiary alicyclic amines) is 1. The van der Waals surface area contributed by atoms with Crippen molar-refractivity contribution < 1.29 is 0 Å². The predicted molar refractivity (Wildman–Crippen MR) is 78.0 cm³/mol. The quantitative estimate of drug-likeness (QED) is 0.744. The second kappa shape index (κ2) is 7.55. The van der Waals surface area contributed by atoms with Crippen LogP contribution in [0.25, 0.3) is 0 Å². The Bertz CT molecular complexity index is 343. The van der Waals surface area contributed by atoms with Crippen LogP contribution in [0.4, 0.5) is 0 Å². The van der Waals surface area contributed by atoms with Crippen LogP contribution in [-0.4, -0.2) is 37.6 Å². The molecule has 1 heterocycles. The highest BCUT2D eigenvalue weighted by molar-refractivity contribution is 5.22. The fraction of sp³-hybridized carbons (Fsp3) is 0.625. The highest BCUT2D eigenvalue weighted by atomic mass is 15.1. The Balaban J connectivity index is 1.50. The Morgan fingerprint density at radius 3 is 2.78 bits per heavy atom. The van der Waals surface area contributed by atoms with Crippen LogP contribution in [0.1, 0.15) is 30.4 Å². The molecule has 0 aromatic heterocycles. The van der Waals surface area contributed by atoms with Crippen molar-refractivity contribution in [1.82, 2.24) is 10.2 Å². The van der Waals surface area contributed by atoms with Crippen LogP contribution in [-0.2, 0) is 6.42 Å². The first kappa shape index (κ1) is 13.6. The molecule has 18 heavy (non-hydrogen) atoms. The zero-order valence-corrected chi connectivity index (χ0v) is 11.6. The maximum atomic E-state index is 3.55. The van der Waals surface area contributed by atoms with E-state index in [9.17, 15) is 0 Å². The van der Waals surface area contributed by atoms with Crippen molar-refractivity contribution >= 4 is 0 Å². The molecule has 0 bridgehead atoms. The van der Waals surface area contributed by atoms with Crippen molar-refractivity contribution in [2.45, 2.75) is 32.6 Å². The van der Waals surface area contributed by atoms with Gasteiger partial charge in [0.25, 0.3) is 0 Å².